The van der Waals surface area contributed by atoms with E-state index in [-0.39, 0.29) is 35.9 Å². The van der Waals surface area contributed by atoms with Crippen LogP contribution in [0.5, 0.6) is 0 Å². The molecule has 0 amide bonds. The summed E-state index contributed by atoms with van der Waals surface area (Å²) in [6, 6.07) is 0. The molecule has 0 spiro atoms. The second-order valence-electron chi connectivity index (χ2n) is 0. The van der Waals surface area contributed by atoms with Crippen molar-refractivity contribution in [2.45, 2.75) is 0 Å². The fraction of sp³-hybridized carbons (Fsp3) is 0. The minimum atomic E-state index is 0. The molecule has 58 valence electrons. The molecule has 9 heavy (non-hydrogen) atoms. The van der Waals surface area contributed by atoms with E-state index in [0.29, 0.717) is 0 Å². The first-order valence-electron chi connectivity index (χ1n) is 0.707. The summed E-state index contributed by atoms with van der Waals surface area (Å²) in [5.41, 5.74) is 0. The standard InChI is InChI=1S/3CHO.2CH3.Mo/c3*1-2;;;/h3*1H;2*1H3;/q5*-1;. The summed E-state index contributed by atoms with van der Waals surface area (Å²) in [5, 5.41) is 0. The van der Waals surface area contributed by atoms with Gasteiger partial charge in [0, 0.05) is 21.1 Å². The fourth-order valence-electron chi connectivity index (χ4n) is 0. The van der Waals surface area contributed by atoms with Crippen LogP contribution < -0.4 is 0 Å². The Kier molecular flexibility index (Phi) is 29900. The molecular formula is C5H9MoO3-5. The molecule has 0 rings (SSSR count). The number of carbonyl (C=O) groups excluding carboxylic acids is 3. The van der Waals surface area contributed by atoms with Crippen molar-refractivity contribution in [3.05, 3.63) is 14.9 Å². The Morgan fingerprint density at radius 1 is 0.556 bits per heavy atom. The van der Waals surface area contributed by atoms with Crippen LogP contribution in [0.1, 0.15) is 0 Å². The van der Waals surface area contributed by atoms with E-state index in [0.717, 1.165) is 0 Å². The largest absolute Gasteiger partial charge is 0.545 e. The van der Waals surface area contributed by atoms with Crippen LogP contribution in [0, 0.1) is 14.9 Å². The van der Waals surface area contributed by atoms with E-state index in [4.69, 9.17) is 14.4 Å². The van der Waals surface area contributed by atoms with Gasteiger partial charge in [-0.25, -0.2) is 0 Å². The van der Waals surface area contributed by atoms with Crippen LogP contribution in [0.3, 0.4) is 0 Å². The van der Waals surface area contributed by atoms with Gasteiger partial charge in [0.15, 0.2) is 0 Å². The van der Waals surface area contributed by atoms with Gasteiger partial charge < -0.3 is 29.2 Å². The second kappa shape index (κ2) is 3790. The maximum atomic E-state index is 7.75. The summed E-state index contributed by atoms with van der Waals surface area (Å²) in [6.07, 6.45) is 0. The van der Waals surface area contributed by atoms with Crippen molar-refractivity contribution in [2.24, 2.45) is 0 Å². The predicted octanol–water partition coefficient (Wildman–Crippen LogP) is 0.0758. The molecule has 3 nitrogen and oxygen atoms in total. The Bertz CT molecular complexity index is 16.9. The number of rotatable bonds is 0. The van der Waals surface area contributed by atoms with Gasteiger partial charge in [0.05, 0.1) is 0 Å². The summed E-state index contributed by atoms with van der Waals surface area (Å²) in [4.78, 5) is 23.2. The second-order valence-corrected chi connectivity index (χ2v) is 0. The van der Waals surface area contributed by atoms with Crippen LogP contribution in [0.2, 0.25) is 0 Å². The van der Waals surface area contributed by atoms with E-state index in [1.54, 1.807) is 0 Å². The van der Waals surface area contributed by atoms with Gasteiger partial charge in [-0.15, -0.1) is 0 Å². The fourth-order valence-corrected chi connectivity index (χ4v) is 0. The van der Waals surface area contributed by atoms with Gasteiger partial charge in [-0.1, -0.05) is 0 Å². The maximum Gasteiger partial charge on any atom is 0 e. The van der Waals surface area contributed by atoms with Gasteiger partial charge in [-0.3, -0.25) is 20.4 Å². The van der Waals surface area contributed by atoms with Crippen LogP contribution in [0.15, 0.2) is 0 Å². The van der Waals surface area contributed by atoms with Crippen molar-refractivity contribution in [3.8, 4) is 0 Å². The number of hydrogen-bond acceptors (Lipinski definition) is 3. The summed E-state index contributed by atoms with van der Waals surface area (Å²) in [7, 11) is 0. The smallest absolute Gasteiger partial charge is 0 e. The Balaban J connectivity index is -0.00000000321. The third kappa shape index (κ3) is 2750. The zero-order valence-electron chi connectivity index (χ0n) is 5.37. The molecule has 4 heteroatoms. The first kappa shape index (κ1) is 70.8. The average molecular weight is 213 g/mol. The maximum absolute atomic E-state index is 7.75. The molecular weight excluding hydrogens is 204 g/mol. The molecule has 0 atom stereocenters. The third-order valence-corrected chi connectivity index (χ3v) is 0. The number of hydrogen-bond donors (Lipinski definition) is 0. The molecule has 0 aliphatic carbocycles. The normalized spacial score (nSPS) is 1.33. The summed E-state index contributed by atoms with van der Waals surface area (Å²) < 4.78 is 0. The minimum absolute atomic E-state index is 0. The van der Waals surface area contributed by atoms with Crippen LogP contribution in [0.25, 0.3) is 0 Å². The summed E-state index contributed by atoms with van der Waals surface area (Å²) in [5.74, 6) is 0. The van der Waals surface area contributed by atoms with E-state index in [1.807, 2.05) is 0 Å². The van der Waals surface area contributed by atoms with Crippen LogP contribution >= 0.6 is 0 Å². The first-order valence-corrected chi connectivity index (χ1v) is 0.707. The van der Waals surface area contributed by atoms with Crippen molar-refractivity contribution in [1.29, 1.82) is 0 Å². The summed E-state index contributed by atoms with van der Waals surface area (Å²) >= 11 is 0. The molecule has 0 saturated heterocycles. The van der Waals surface area contributed by atoms with E-state index in [2.05, 4.69) is 20.4 Å². The van der Waals surface area contributed by atoms with Gasteiger partial charge in [0.25, 0.3) is 0 Å². The molecule has 0 aliphatic rings. The van der Waals surface area contributed by atoms with Gasteiger partial charge >= 0.3 is 0 Å². The van der Waals surface area contributed by atoms with Gasteiger partial charge in [0.2, 0.25) is 0 Å². The molecule has 0 aromatic heterocycles. The molecule has 0 unspecified atom stereocenters. The Morgan fingerprint density at radius 2 is 0.556 bits per heavy atom. The van der Waals surface area contributed by atoms with Crippen molar-refractivity contribution >= 4 is 20.4 Å². The third-order valence-electron chi connectivity index (χ3n) is 0. The monoisotopic (exact) mass is 215 g/mol. The molecule has 0 aliphatic heterocycles. The van der Waals surface area contributed by atoms with Crippen molar-refractivity contribution in [2.75, 3.05) is 0 Å². The quantitative estimate of drug-likeness (QED) is 0.325. The predicted molar refractivity (Wildman–Crippen MR) is 33.1 cm³/mol. The van der Waals surface area contributed by atoms with Crippen LogP contribution in [-0.4, -0.2) is 20.4 Å². The minimum Gasteiger partial charge on any atom is -0.545 e. The van der Waals surface area contributed by atoms with Gasteiger partial charge in [-0.05, 0) is 0 Å². The SMILES string of the molecule is [CH-]=O.[CH-]=O.[CH-]=O.[CH3-].[CH3-].[Mo]. The van der Waals surface area contributed by atoms with Gasteiger partial charge in [0.1, 0.15) is 0 Å². The molecule has 0 N–H and O–H groups in total. The Hall–Kier alpha value is -0.302. The molecule has 0 aromatic rings. The Labute approximate surface area is 71.1 Å². The summed E-state index contributed by atoms with van der Waals surface area (Å²) in [6.45, 7) is 9.75. The first-order chi connectivity index (χ1) is 3.00. The molecule has 0 saturated carbocycles. The van der Waals surface area contributed by atoms with Crippen LogP contribution in [0.4, 0.5) is 0 Å². The van der Waals surface area contributed by atoms with E-state index in [9.17, 15) is 0 Å². The van der Waals surface area contributed by atoms with E-state index < -0.39 is 0 Å². The molecule has 0 bridgehead atoms. The Morgan fingerprint density at radius 3 is 0.556 bits per heavy atom. The van der Waals surface area contributed by atoms with Crippen molar-refractivity contribution in [1.82, 2.24) is 0 Å². The molecule has 0 heterocycles. The molecule has 0 aromatic carbocycles. The average Bonchev–Trinajstić information content (AvgIpc) is 1.81. The van der Waals surface area contributed by atoms with E-state index >= 15 is 0 Å². The zero-order chi connectivity index (χ0) is 6.00. The topological polar surface area (TPSA) is 51.2 Å². The van der Waals surface area contributed by atoms with Crippen LogP contribution in [-0.2, 0) is 35.4 Å². The molecule has 0 fully saturated rings. The molecule has 0 radical (unpaired) electrons. The zero-order valence-corrected chi connectivity index (χ0v) is 7.37. The van der Waals surface area contributed by atoms with Crippen molar-refractivity contribution in [3.63, 3.8) is 0 Å². The van der Waals surface area contributed by atoms with E-state index in [1.165, 1.54) is 0 Å². The van der Waals surface area contributed by atoms with Crippen molar-refractivity contribution < 1.29 is 35.4 Å². The van der Waals surface area contributed by atoms with Gasteiger partial charge in [-0.2, -0.15) is 0 Å².